The van der Waals surface area contributed by atoms with Crippen molar-refractivity contribution in [3.63, 3.8) is 0 Å². The fourth-order valence-corrected chi connectivity index (χ4v) is 3.85. The molecule has 3 aromatic rings. The number of thioether (sulfide) groups is 1. The van der Waals surface area contributed by atoms with E-state index in [9.17, 15) is 4.79 Å². The number of rotatable bonds is 7. The molecule has 3 aromatic heterocycles. The minimum absolute atomic E-state index is 0.109. The van der Waals surface area contributed by atoms with Gasteiger partial charge in [0.2, 0.25) is 11.0 Å². The Morgan fingerprint density at radius 2 is 2.15 bits per heavy atom. The van der Waals surface area contributed by atoms with Crippen LogP contribution in [0.15, 0.2) is 29.7 Å². The van der Waals surface area contributed by atoms with Crippen molar-refractivity contribution < 1.29 is 4.79 Å². The van der Waals surface area contributed by atoms with Crippen LogP contribution in [0.3, 0.4) is 0 Å². The summed E-state index contributed by atoms with van der Waals surface area (Å²) >= 11 is 2.78. The lowest BCUT2D eigenvalue weighted by molar-refractivity contribution is -0.115. The van der Waals surface area contributed by atoms with Crippen LogP contribution in [0.4, 0.5) is 5.13 Å². The summed E-state index contributed by atoms with van der Waals surface area (Å²) in [5.41, 5.74) is 0.882. The molecule has 3 heterocycles. The first-order chi connectivity index (χ1) is 12.6. The number of carbonyl (C=O) groups is 1. The number of nitrogens with zero attached hydrogens (tertiary/aromatic N) is 6. The molecule has 0 fully saturated rings. The molecular weight excluding hydrogens is 370 g/mol. The van der Waals surface area contributed by atoms with Crippen LogP contribution in [0.5, 0.6) is 0 Å². The van der Waals surface area contributed by atoms with E-state index in [1.165, 1.54) is 23.1 Å². The van der Waals surface area contributed by atoms with Gasteiger partial charge in [0.1, 0.15) is 5.01 Å². The highest BCUT2D eigenvalue weighted by Gasteiger charge is 2.23. The molecule has 0 saturated heterocycles. The molecule has 26 heavy (non-hydrogen) atoms. The number of aryl methyl sites for hydroxylation is 1. The van der Waals surface area contributed by atoms with Crippen molar-refractivity contribution in [1.82, 2.24) is 29.9 Å². The van der Waals surface area contributed by atoms with Gasteiger partial charge in [0, 0.05) is 25.0 Å². The molecule has 0 aliphatic heterocycles. The summed E-state index contributed by atoms with van der Waals surface area (Å²) in [7, 11) is 1.88. The molecule has 1 N–H and O–H groups in total. The Kier molecular flexibility index (Phi) is 5.94. The molecule has 0 spiro atoms. The van der Waals surface area contributed by atoms with Gasteiger partial charge in [-0.15, -0.1) is 20.4 Å². The third-order valence-corrected chi connectivity index (χ3v) is 6.05. The lowest BCUT2D eigenvalue weighted by atomic mass is 10.3. The van der Waals surface area contributed by atoms with Crippen LogP contribution < -0.4 is 5.32 Å². The highest BCUT2D eigenvalue weighted by atomic mass is 32.2. The van der Waals surface area contributed by atoms with Crippen LogP contribution in [0.1, 0.15) is 25.3 Å². The number of hydrogen-bond donors (Lipinski definition) is 1. The highest BCUT2D eigenvalue weighted by Crippen LogP contribution is 2.28. The summed E-state index contributed by atoms with van der Waals surface area (Å²) in [6.45, 7) is 3.97. The van der Waals surface area contributed by atoms with Gasteiger partial charge in [-0.1, -0.05) is 36.9 Å². The van der Waals surface area contributed by atoms with Gasteiger partial charge in [-0.3, -0.25) is 15.1 Å². The van der Waals surface area contributed by atoms with Crippen molar-refractivity contribution in [2.45, 2.75) is 37.1 Å². The Morgan fingerprint density at radius 3 is 2.81 bits per heavy atom. The third-order valence-electron chi connectivity index (χ3n) is 3.66. The lowest BCUT2D eigenvalue weighted by Crippen LogP contribution is -2.25. The molecule has 8 nitrogen and oxygen atoms in total. The molecule has 0 aliphatic rings. The molecule has 10 heteroatoms. The van der Waals surface area contributed by atoms with Gasteiger partial charge >= 0.3 is 0 Å². The Labute approximate surface area is 159 Å². The van der Waals surface area contributed by atoms with E-state index in [1.54, 1.807) is 12.4 Å². The predicted molar refractivity (Wildman–Crippen MR) is 102 cm³/mol. The topological polar surface area (TPSA) is 98.5 Å². The number of pyridine rings is 1. The van der Waals surface area contributed by atoms with E-state index in [4.69, 9.17) is 0 Å². The second kappa shape index (κ2) is 8.37. The zero-order chi connectivity index (χ0) is 18.5. The van der Waals surface area contributed by atoms with Gasteiger partial charge in [0.05, 0.1) is 5.25 Å². The number of anilines is 1. The van der Waals surface area contributed by atoms with Gasteiger partial charge in [0.25, 0.3) is 0 Å². The Balaban J connectivity index is 1.72. The molecule has 136 valence electrons. The molecule has 0 aromatic carbocycles. The average molecular weight is 390 g/mol. The number of nitrogens with one attached hydrogen (secondary N) is 1. The molecular formula is C16H19N7OS2. The predicted octanol–water partition coefficient (Wildman–Crippen LogP) is 2.80. The second-order valence-corrected chi connectivity index (χ2v) is 7.70. The largest absolute Gasteiger partial charge is 0.305 e. The van der Waals surface area contributed by atoms with Crippen molar-refractivity contribution in [1.29, 1.82) is 0 Å². The Morgan fingerprint density at radius 1 is 1.31 bits per heavy atom. The van der Waals surface area contributed by atoms with Crippen molar-refractivity contribution >= 4 is 34.1 Å². The normalized spacial score (nSPS) is 12.1. The third kappa shape index (κ3) is 4.07. The molecule has 0 unspecified atom stereocenters. The lowest BCUT2D eigenvalue weighted by Gasteiger charge is -2.12. The molecule has 0 aliphatic carbocycles. The summed E-state index contributed by atoms with van der Waals surface area (Å²) in [6.07, 6.45) is 4.91. The number of hydrogen-bond acceptors (Lipinski definition) is 8. The van der Waals surface area contributed by atoms with Crippen molar-refractivity contribution in [3.8, 4) is 11.4 Å². The minimum atomic E-state index is -0.298. The highest BCUT2D eigenvalue weighted by molar-refractivity contribution is 8.00. The summed E-state index contributed by atoms with van der Waals surface area (Å²) < 4.78 is 1.87. The number of carbonyl (C=O) groups excluding carboxylic acids is 1. The Hall–Kier alpha value is -2.33. The van der Waals surface area contributed by atoms with Crippen molar-refractivity contribution in [3.05, 3.63) is 29.5 Å². The van der Waals surface area contributed by atoms with E-state index in [0.29, 0.717) is 22.5 Å². The second-order valence-electron chi connectivity index (χ2n) is 5.47. The summed E-state index contributed by atoms with van der Waals surface area (Å²) in [6, 6.07) is 3.78. The number of amides is 1. The van der Waals surface area contributed by atoms with Crippen LogP contribution in [0.25, 0.3) is 11.4 Å². The first-order valence-corrected chi connectivity index (χ1v) is 9.91. The summed E-state index contributed by atoms with van der Waals surface area (Å²) in [5, 5.41) is 21.1. The molecule has 0 saturated carbocycles. The standard InChI is InChI=1S/C16H19N7OS2/c1-4-11(14(24)18-15-21-19-12(5-2)26-15)25-16-22-20-13(23(16)3)10-7-6-8-17-9-10/h6-9,11H,4-5H2,1-3H3,(H,18,21,24)/t11-/m0/s1. The van der Waals surface area contributed by atoms with E-state index < -0.39 is 0 Å². The monoisotopic (exact) mass is 389 g/mol. The van der Waals surface area contributed by atoms with Gasteiger partial charge in [0.15, 0.2) is 11.0 Å². The van der Waals surface area contributed by atoms with Crippen LogP contribution in [-0.4, -0.2) is 41.1 Å². The number of aromatic nitrogens is 6. The van der Waals surface area contributed by atoms with Crippen LogP contribution in [0, 0.1) is 0 Å². The first kappa shape index (κ1) is 18.5. The zero-order valence-electron chi connectivity index (χ0n) is 14.7. The van der Waals surface area contributed by atoms with Gasteiger partial charge < -0.3 is 4.57 Å². The SMILES string of the molecule is CCc1nnc(NC(=O)[C@H](CC)Sc2nnc(-c3cccnc3)n2C)s1. The quantitative estimate of drug-likeness (QED) is 0.620. The minimum Gasteiger partial charge on any atom is -0.305 e. The maximum Gasteiger partial charge on any atom is 0.239 e. The summed E-state index contributed by atoms with van der Waals surface area (Å²) in [5.74, 6) is 0.606. The van der Waals surface area contributed by atoms with E-state index in [0.717, 1.165) is 17.0 Å². The maximum absolute atomic E-state index is 12.6. The molecule has 1 amide bonds. The fourth-order valence-electron chi connectivity index (χ4n) is 2.25. The first-order valence-electron chi connectivity index (χ1n) is 8.22. The van der Waals surface area contributed by atoms with E-state index in [1.807, 2.05) is 37.6 Å². The fraction of sp³-hybridized carbons (Fsp3) is 0.375. The Bertz CT molecular complexity index is 878. The van der Waals surface area contributed by atoms with Crippen molar-refractivity contribution in [2.24, 2.45) is 7.05 Å². The van der Waals surface area contributed by atoms with Crippen LogP contribution in [0.2, 0.25) is 0 Å². The van der Waals surface area contributed by atoms with E-state index in [-0.39, 0.29) is 11.2 Å². The molecule has 3 rings (SSSR count). The van der Waals surface area contributed by atoms with Gasteiger partial charge in [-0.05, 0) is 25.0 Å². The molecule has 0 bridgehead atoms. The van der Waals surface area contributed by atoms with Crippen LogP contribution in [-0.2, 0) is 18.3 Å². The smallest absolute Gasteiger partial charge is 0.239 e. The average Bonchev–Trinajstić information content (AvgIpc) is 3.26. The van der Waals surface area contributed by atoms with Crippen LogP contribution >= 0.6 is 23.1 Å². The van der Waals surface area contributed by atoms with E-state index in [2.05, 4.69) is 30.7 Å². The van der Waals surface area contributed by atoms with Gasteiger partial charge in [-0.25, -0.2) is 0 Å². The zero-order valence-corrected chi connectivity index (χ0v) is 16.3. The van der Waals surface area contributed by atoms with E-state index >= 15 is 0 Å². The molecule has 0 radical (unpaired) electrons. The van der Waals surface area contributed by atoms with Gasteiger partial charge in [-0.2, -0.15) is 0 Å². The molecule has 1 atom stereocenters. The van der Waals surface area contributed by atoms with Crippen molar-refractivity contribution in [2.75, 3.05) is 5.32 Å². The summed E-state index contributed by atoms with van der Waals surface area (Å²) in [4.78, 5) is 16.7. The maximum atomic E-state index is 12.6.